The Hall–Kier alpha value is -2.09. The Morgan fingerprint density at radius 1 is 1.12 bits per heavy atom. The Kier molecular flexibility index (Phi) is 7.42. The van der Waals surface area contributed by atoms with E-state index in [1.54, 1.807) is 18.0 Å². The van der Waals surface area contributed by atoms with Crippen molar-refractivity contribution in [3.63, 3.8) is 0 Å². The second kappa shape index (κ2) is 10.7. The van der Waals surface area contributed by atoms with Crippen LogP contribution in [-0.4, -0.2) is 48.8 Å². The lowest BCUT2D eigenvalue weighted by atomic mass is 9.91. The number of methoxy groups -OCH3 is 1. The van der Waals surface area contributed by atoms with Gasteiger partial charge in [-0.3, -0.25) is 4.79 Å². The van der Waals surface area contributed by atoms with Crippen molar-refractivity contribution in [2.24, 2.45) is 5.92 Å². The van der Waals surface area contributed by atoms with Crippen LogP contribution in [0.3, 0.4) is 0 Å². The van der Waals surface area contributed by atoms with Gasteiger partial charge in [0, 0.05) is 37.9 Å². The molecule has 0 radical (unpaired) electrons. The van der Waals surface area contributed by atoms with E-state index in [2.05, 4.69) is 40.0 Å². The van der Waals surface area contributed by atoms with E-state index in [1.807, 2.05) is 0 Å². The molecule has 1 saturated heterocycles. The van der Waals surface area contributed by atoms with E-state index in [1.165, 1.54) is 24.1 Å². The molecule has 1 aliphatic heterocycles. The normalized spacial score (nSPS) is 27.4. The first-order valence-electron chi connectivity index (χ1n) is 12.6. The van der Waals surface area contributed by atoms with Crippen LogP contribution in [0.4, 0.5) is 11.4 Å². The van der Waals surface area contributed by atoms with Gasteiger partial charge in [-0.15, -0.1) is 0 Å². The van der Waals surface area contributed by atoms with Crippen LogP contribution in [0, 0.1) is 5.92 Å². The SMILES string of the molecule is CO[C@H]1CCOC[C@@H]1CNc1cnn(C2CCC(Nc3ccc(C4CC4)cc3)CC2)c(=O)c1Cl. The average Bonchev–Trinajstić information content (AvgIpc) is 3.72. The van der Waals surface area contributed by atoms with Gasteiger partial charge in [-0.05, 0) is 68.6 Å². The predicted molar refractivity (Wildman–Crippen MR) is 135 cm³/mol. The van der Waals surface area contributed by atoms with Gasteiger partial charge in [-0.25, -0.2) is 4.68 Å². The molecule has 0 unspecified atom stereocenters. The number of hydrogen-bond donors (Lipinski definition) is 2. The Morgan fingerprint density at radius 2 is 1.88 bits per heavy atom. The van der Waals surface area contributed by atoms with Crippen LogP contribution in [0.5, 0.6) is 0 Å². The highest BCUT2D eigenvalue weighted by molar-refractivity contribution is 6.32. The Labute approximate surface area is 206 Å². The summed E-state index contributed by atoms with van der Waals surface area (Å²) < 4.78 is 12.7. The molecule has 0 amide bonds. The van der Waals surface area contributed by atoms with Crippen LogP contribution < -0.4 is 16.2 Å². The summed E-state index contributed by atoms with van der Waals surface area (Å²) in [6.07, 6.45) is 9.17. The van der Waals surface area contributed by atoms with E-state index in [-0.39, 0.29) is 28.6 Å². The number of ether oxygens (including phenoxy) is 2. The second-order valence-corrected chi connectivity index (χ2v) is 10.3. The highest BCUT2D eigenvalue weighted by atomic mass is 35.5. The minimum atomic E-state index is -0.220. The highest BCUT2D eigenvalue weighted by Crippen LogP contribution is 2.40. The molecule has 2 heterocycles. The van der Waals surface area contributed by atoms with Crippen molar-refractivity contribution < 1.29 is 9.47 Å². The van der Waals surface area contributed by atoms with E-state index in [9.17, 15) is 4.79 Å². The summed E-state index contributed by atoms with van der Waals surface area (Å²) in [6, 6.07) is 9.41. The second-order valence-electron chi connectivity index (χ2n) is 9.95. The fourth-order valence-electron chi connectivity index (χ4n) is 5.32. The molecule has 2 atom stereocenters. The van der Waals surface area contributed by atoms with Gasteiger partial charge in [0.15, 0.2) is 0 Å². The van der Waals surface area contributed by atoms with Crippen molar-refractivity contribution in [1.82, 2.24) is 9.78 Å². The number of halogens is 1. The molecule has 184 valence electrons. The number of nitrogens with one attached hydrogen (secondary N) is 2. The molecular weight excluding hydrogens is 452 g/mol. The number of benzene rings is 1. The minimum Gasteiger partial charge on any atom is -0.382 e. The Balaban J connectivity index is 1.15. The van der Waals surface area contributed by atoms with Gasteiger partial charge < -0.3 is 20.1 Å². The van der Waals surface area contributed by atoms with Gasteiger partial charge in [0.1, 0.15) is 5.02 Å². The van der Waals surface area contributed by atoms with Crippen molar-refractivity contribution >= 4 is 23.0 Å². The molecule has 2 aliphatic carbocycles. The van der Waals surface area contributed by atoms with E-state index in [4.69, 9.17) is 21.1 Å². The third-order valence-electron chi connectivity index (χ3n) is 7.58. The zero-order valence-electron chi connectivity index (χ0n) is 19.8. The Morgan fingerprint density at radius 3 is 2.59 bits per heavy atom. The van der Waals surface area contributed by atoms with Crippen molar-refractivity contribution in [3.05, 3.63) is 51.4 Å². The van der Waals surface area contributed by atoms with Crippen molar-refractivity contribution in [1.29, 1.82) is 0 Å². The largest absolute Gasteiger partial charge is 0.382 e. The van der Waals surface area contributed by atoms with Crippen LogP contribution >= 0.6 is 11.6 Å². The maximum absolute atomic E-state index is 13.0. The van der Waals surface area contributed by atoms with Gasteiger partial charge in [-0.2, -0.15) is 5.10 Å². The molecule has 34 heavy (non-hydrogen) atoms. The summed E-state index contributed by atoms with van der Waals surface area (Å²) >= 11 is 6.47. The van der Waals surface area contributed by atoms with Crippen molar-refractivity contribution in [3.8, 4) is 0 Å². The molecule has 0 bridgehead atoms. The fourth-order valence-corrected chi connectivity index (χ4v) is 5.52. The number of aromatic nitrogens is 2. The molecule has 2 saturated carbocycles. The zero-order chi connectivity index (χ0) is 23.5. The predicted octanol–water partition coefficient (Wildman–Crippen LogP) is 4.83. The third kappa shape index (κ3) is 5.42. The summed E-state index contributed by atoms with van der Waals surface area (Å²) in [5.41, 5.74) is 3.00. The molecule has 0 spiro atoms. The van der Waals surface area contributed by atoms with Crippen molar-refractivity contribution in [2.45, 2.75) is 69.1 Å². The van der Waals surface area contributed by atoms with E-state index >= 15 is 0 Å². The van der Waals surface area contributed by atoms with E-state index in [0.29, 0.717) is 24.9 Å². The molecule has 2 aromatic rings. The summed E-state index contributed by atoms with van der Waals surface area (Å²) in [6.45, 7) is 1.98. The lowest BCUT2D eigenvalue weighted by Gasteiger charge is -2.31. The molecule has 7 nitrogen and oxygen atoms in total. The molecule has 8 heteroatoms. The molecule has 5 rings (SSSR count). The maximum atomic E-state index is 13.0. The van der Waals surface area contributed by atoms with Crippen molar-refractivity contribution in [2.75, 3.05) is 37.5 Å². The summed E-state index contributed by atoms with van der Waals surface area (Å²) in [4.78, 5) is 13.0. The smallest absolute Gasteiger partial charge is 0.287 e. The van der Waals surface area contributed by atoms with E-state index < -0.39 is 0 Å². The first-order chi connectivity index (χ1) is 16.6. The molecule has 3 aliphatic rings. The summed E-state index contributed by atoms with van der Waals surface area (Å²) in [5.74, 6) is 0.997. The van der Waals surface area contributed by atoms with Gasteiger partial charge in [0.25, 0.3) is 5.56 Å². The van der Waals surface area contributed by atoms with Gasteiger partial charge in [0.2, 0.25) is 0 Å². The van der Waals surface area contributed by atoms with Crippen LogP contribution in [0.2, 0.25) is 5.02 Å². The number of rotatable bonds is 8. The number of anilines is 2. The maximum Gasteiger partial charge on any atom is 0.287 e. The van der Waals surface area contributed by atoms with Crippen LogP contribution in [0.25, 0.3) is 0 Å². The molecule has 2 N–H and O–H groups in total. The Bertz CT molecular complexity index is 1020. The highest BCUT2D eigenvalue weighted by Gasteiger charge is 2.28. The van der Waals surface area contributed by atoms with Crippen LogP contribution in [0.15, 0.2) is 35.3 Å². The topological polar surface area (TPSA) is 77.4 Å². The van der Waals surface area contributed by atoms with Crippen LogP contribution in [-0.2, 0) is 9.47 Å². The minimum absolute atomic E-state index is 0.0824. The van der Waals surface area contributed by atoms with E-state index in [0.717, 1.165) is 44.6 Å². The van der Waals surface area contributed by atoms with Gasteiger partial charge >= 0.3 is 0 Å². The number of nitrogens with zero attached hydrogens (tertiary/aromatic N) is 2. The molecule has 1 aromatic heterocycles. The summed E-state index contributed by atoms with van der Waals surface area (Å²) in [5, 5.41) is 11.6. The summed E-state index contributed by atoms with van der Waals surface area (Å²) in [7, 11) is 1.73. The third-order valence-corrected chi connectivity index (χ3v) is 7.94. The molecule has 3 fully saturated rings. The van der Waals surface area contributed by atoms with Gasteiger partial charge in [-0.1, -0.05) is 23.7 Å². The fraction of sp³-hybridized carbons (Fsp3) is 0.615. The van der Waals surface area contributed by atoms with Gasteiger partial charge in [0.05, 0.1) is 30.6 Å². The number of hydrogen-bond acceptors (Lipinski definition) is 6. The average molecular weight is 487 g/mol. The molecular formula is C26H35ClN4O3. The first-order valence-corrected chi connectivity index (χ1v) is 13.0. The standard InChI is InChI=1S/C26H35ClN4O3/c1-33-24-12-13-34-16-19(24)14-28-23-15-29-31(26(32)25(23)27)22-10-8-21(9-11-22)30-20-6-4-18(5-7-20)17-2-3-17/h4-7,15,17,19,21-22,24,28,30H,2-3,8-14,16H2,1H3/t19-,21?,22?,24-/m0/s1. The zero-order valence-corrected chi connectivity index (χ0v) is 20.6. The van der Waals surface area contributed by atoms with Crippen LogP contribution in [0.1, 0.15) is 62.5 Å². The lowest BCUT2D eigenvalue weighted by molar-refractivity contribution is -0.0512. The first kappa shape index (κ1) is 23.6. The quantitative estimate of drug-likeness (QED) is 0.556. The lowest BCUT2D eigenvalue weighted by Crippen LogP contribution is -2.38. The molecule has 1 aromatic carbocycles. The monoisotopic (exact) mass is 486 g/mol.